The van der Waals surface area contributed by atoms with Gasteiger partial charge in [0.1, 0.15) is 11.8 Å². The Kier molecular flexibility index (Phi) is 8.65. The topological polar surface area (TPSA) is 68.2 Å². The molecule has 3 rings (SSSR count). The van der Waals surface area contributed by atoms with Gasteiger partial charge in [-0.2, -0.15) is 0 Å². The summed E-state index contributed by atoms with van der Waals surface area (Å²) in [6.45, 7) is 2.07. The fourth-order valence-electron chi connectivity index (χ4n) is 4.74. The zero-order valence-electron chi connectivity index (χ0n) is 18.6. The molecule has 0 aliphatic heterocycles. The summed E-state index contributed by atoms with van der Waals surface area (Å²) in [6.07, 6.45) is 7.92. The third-order valence-corrected chi connectivity index (χ3v) is 6.23. The first-order valence-electron chi connectivity index (χ1n) is 11.4. The minimum absolute atomic E-state index is 0.197. The standard InChI is InChI=1S/C26H36N4O/c1-28-25(27)29-26(21-31,17-22-11-5-2-6-12-22)20-30(18-23-13-7-3-8-14-23)19-24-15-9-4-10-16-24/h3-4,7-10,13-16,21-22H,2,5-6,11-12,17-20H2,1H3,(H3,27,28,29). The van der Waals surface area contributed by atoms with E-state index < -0.39 is 5.54 Å². The van der Waals surface area contributed by atoms with Crippen molar-refractivity contribution >= 4 is 12.2 Å². The molecule has 1 saturated carbocycles. The molecule has 0 bridgehead atoms. The number of benzene rings is 2. The van der Waals surface area contributed by atoms with Crippen molar-refractivity contribution in [3.63, 3.8) is 0 Å². The Morgan fingerprint density at radius 2 is 1.55 bits per heavy atom. The van der Waals surface area contributed by atoms with Crippen LogP contribution in [0.15, 0.2) is 60.7 Å². The summed E-state index contributed by atoms with van der Waals surface area (Å²) in [5.74, 6) is 0.716. The van der Waals surface area contributed by atoms with Crippen molar-refractivity contribution in [1.29, 1.82) is 5.41 Å². The Morgan fingerprint density at radius 3 is 2.03 bits per heavy atom. The van der Waals surface area contributed by atoms with E-state index in [0.29, 0.717) is 12.5 Å². The highest BCUT2D eigenvalue weighted by atomic mass is 16.1. The van der Waals surface area contributed by atoms with Crippen molar-refractivity contribution in [1.82, 2.24) is 15.5 Å². The van der Waals surface area contributed by atoms with Crippen molar-refractivity contribution in [3.05, 3.63) is 71.8 Å². The lowest BCUT2D eigenvalue weighted by Gasteiger charge is -2.39. The van der Waals surface area contributed by atoms with Crippen LogP contribution in [0.1, 0.15) is 49.7 Å². The lowest BCUT2D eigenvalue weighted by atomic mass is 9.79. The van der Waals surface area contributed by atoms with E-state index in [0.717, 1.165) is 25.8 Å². The molecule has 5 heteroatoms. The molecule has 3 N–H and O–H groups in total. The summed E-state index contributed by atoms with van der Waals surface area (Å²) in [4.78, 5) is 14.9. The molecule has 31 heavy (non-hydrogen) atoms. The molecule has 0 spiro atoms. The molecule has 1 aliphatic rings. The van der Waals surface area contributed by atoms with Gasteiger partial charge >= 0.3 is 0 Å². The van der Waals surface area contributed by atoms with Crippen LogP contribution in [0.4, 0.5) is 0 Å². The van der Waals surface area contributed by atoms with Gasteiger partial charge in [0, 0.05) is 26.7 Å². The van der Waals surface area contributed by atoms with E-state index >= 15 is 0 Å². The second-order valence-electron chi connectivity index (χ2n) is 8.85. The molecule has 1 fully saturated rings. The first kappa shape index (κ1) is 23.0. The third-order valence-electron chi connectivity index (χ3n) is 6.23. The largest absolute Gasteiger partial charge is 0.360 e. The van der Waals surface area contributed by atoms with Gasteiger partial charge in [-0.25, -0.2) is 0 Å². The maximum Gasteiger partial charge on any atom is 0.188 e. The van der Waals surface area contributed by atoms with E-state index in [2.05, 4.69) is 64.1 Å². The molecule has 5 nitrogen and oxygen atoms in total. The maximum atomic E-state index is 12.6. The number of carbonyl (C=O) groups excluding carboxylic acids is 1. The summed E-state index contributed by atoms with van der Waals surface area (Å²) < 4.78 is 0. The Balaban J connectivity index is 1.84. The molecule has 2 aromatic rings. The van der Waals surface area contributed by atoms with Gasteiger partial charge < -0.3 is 15.4 Å². The third kappa shape index (κ3) is 7.21. The van der Waals surface area contributed by atoms with E-state index in [1.807, 2.05) is 12.1 Å². The van der Waals surface area contributed by atoms with E-state index in [1.165, 1.54) is 43.2 Å². The molecular formula is C26H36N4O. The van der Waals surface area contributed by atoms with Gasteiger partial charge in [0.2, 0.25) is 0 Å². The first-order chi connectivity index (χ1) is 15.1. The Morgan fingerprint density at radius 1 is 1.00 bits per heavy atom. The number of rotatable bonds is 10. The maximum absolute atomic E-state index is 12.6. The van der Waals surface area contributed by atoms with Crippen LogP contribution in [0, 0.1) is 11.3 Å². The van der Waals surface area contributed by atoms with E-state index in [-0.39, 0.29) is 5.96 Å². The summed E-state index contributed by atoms with van der Waals surface area (Å²) >= 11 is 0. The van der Waals surface area contributed by atoms with Gasteiger partial charge in [0.05, 0.1) is 0 Å². The normalized spacial score (nSPS) is 16.5. The Hall–Kier alpha value is -2.66. The van der Waals surface area contributed by atoms with Crippen LogP contribution >= 0.6 is 0 Å². The molecule has 1 aliphatic carbocycles. The van der Waals surface area contributed by atoms with Gasteiger partial charge in [-0.05, 0) is 23.5 Å². The predicted molar refractivity (Wildman–Crippen MR) is 127 cm³/mol. The zero-order valence-corrected chi connectivity index (χ0v) is 18.6. The molecule has 0 amide bonds. The van der Waals surface area contributed by atoms with Crippen LogP contribution in [-0.2, 0) is 17.9 Å². The van der Waals surface area contributed by atoms with Gasteiger partial charge in [0.15, 0.2) is 5.96 Å². The number of aldehydes is 1. The molecular weight excluding hydrogens is 384 g/mol. The number of nitrogens with zero attached hydrogens (tertiary/aromatic N) is 1. The van der Waals surface area contributed by atoms with Crippen molar-refractivity contribution in [3.8, 4) is 0 Å². The minimum atomic E-state index is -0.786. The summed E-state index contributed by atoms with van der Waals surface area (Å²) in [6, 6.07) is 20.8. The predicted octanol–water partition coefficient (Wildman–Crippen LogP) is 4.34. The molecule has 0 saturated heterocycles. The second-order valence-corrected chi connectivity index (χ2v) is 8.85. The van der Waals surface area contributed by atoms with Crippen LogP contribution in [0.2, 0.25) is 0 Å². The first-order valence-corrected chi connectivity index (χ1v) is 11.4. The van der Waals surface area contributed by atoms with Crippen molar-refractivity contribution in [2.24, 2.45) is 5.92 Å². The summed E-state index contributed by atoms with van der Waals surface area (Å²) in [7, 11) is 1.72. The summed E-state index contributed by atoms with van der Waals surface area (Å²) in [5.41, 5.74) is 1.66. The highest BCUT2D eigenvalue weighted by Gasteiger charge is 2.36. The fraction of sp³-hybridized carbons (Fsp3) is 0.462. The van der Waals surface area contributed by atoms with E-state index in [1.54, 1.807) is 7.05 Å². The molecule has 2 aromatic carbocycles. The highest BCUT2D eigenvalue weighted by Crippen LogP contribution is 2.31. The fourth-order valence-corrected chi connectivity index (χ4v) is 4.74. The van der Waals surface area contributed by atoms with Gasteiger partial charge in [0.25, 0.3) is 0 Å². The SMILES string of the molecule is CNC(=N)NC(C=O)(CC1CCCCC1)CN(Cc1ccccc1)Cc1ccccc1. The zero-order chi connectivity index (χ0) is 21.9. The lowest BCUT2D eigenvalue weighted by molar-refractivity contribution is -0.114. The van der Waals surface area contributed by atoms with Crippen molar-refractivity contribution in [2.45, 2.75) is 57.2 Å². The molecule has 0 aromatic heterocycles. The summed E-state index contributed by atoms with van der Waals surface area (Å²) in [5, 5.41) is 14.3. The highest BCUT2D eigenvalue weighted by molar-refractivity contribution is 5.82. The number of carbonyl (C=O) groups is 1. The minimum Gasteiger partial charge on any atom is -0.360 e. The smallest absolute Gasteiger partial charge is 0.188 e. The van der Waals surface area contributed by atoms with Crippen molar-refractivity contribution < 1.29 is 4.79 Å². The molecule has 1 atom stereocenters. The number of nitrogens with one attached hydrogen (secondary N) is 3. The average Bonchev–Trinajstić information content (AvgIpc) is 2.81. The van der Waals surface area contributed by atoms with Crippen LogP contribution in [-0.4, -0.2) is 36.3 Å². The van der Waals surface area contributed by atoms with Gasteiger partial charge in [-0.1, -0.05) is 92.8 Å². The van der Waals surface area contributed by atoms with Gasteiger partial charge in [-0.3, -0.25) is 10.3 Å². The molecule has 0 radical (unpaired) electrons. The molecule has 166 valence electrons. The number of guanidine groups is 1. The quantitative estimate of drug-likeness (QED) is 0.304. The molecule has 1 unspecified atom stereocenters. The van der Waals surface area contributed by atoms with Crippen LogP contribution in [0.5, 0.6) is 0 Å². The van der Waals surface area contributed by atoms with Gasteiger partial charge in [-0.15, -0.1) is 0 Å². The number of hydrogen-bond acceptors (Lipinski definition) is 3. The van der Waals surface area contributed by atoms with Crippen LogP contribution < -0.4 is 10.6 Å². The van der Waals surface area contributed by atoms with E-state index in [4.69, 9.17) is 5.41 Å². The second kappa shape index (κ2) is 11.7. The lowest BCUT2D eigenvalue weighted by Crippen LogP contribution is -2.59. The van der Waals surface area contributed by atoms with E-state index in [9.17, 15) is 4.79 Å². The van der Waals surface area contributed by atoms with Crippen LogP contribution in [0.3, 0.4) is 0 Å². The number of hydrogen-bond donors (Lipinski definition) is 3. The van der Waals surface area contributed by atoms with Crippen LogP contribution in [0.25, 0.3) is 0 Å². The monoisotopic (exact) mass is 420 g/mol. The average molecular weight is 421 g/mol. The Labute approximate surface area is 186 Å². The van der Waals surface area contributed by atoms with Crippen molar-refractivity contribution in [2.75, 3.05) is 13.6 Å². The Bertz CT molecular complexity index is 763. The molecule has 0 heterocycles.